The zero-order valence-electron chi connectivity index (χ0n) is 10.9. The summed E-state index contributed by atoms with van der Waals surface area (Å²) in [4.78, 5) is 23.2. The second kappa shape index (κ2) is 6.42. The third-order valence-electron chi connectivity index (χ3n) is 2.92. The third kappa shape index (κ3) is 3.30. The minimum absolute atomic E-state index is 0.387. The van der Waals surface area contributed by atoms with Crippen LogP contribution in [0.3, 0.4) is 0 Å². The van der Waals surface area contributed by atoms with E-state index in [0.717, 1.165) is 10.9 Å². The van der Waals surface area contributed by atoms with Gasteiger partial charge in [-0.05, 0) is 36.6 Å². The minimum atomic E-state index is -1.02. The van der Waals surface area contributed by atoms with Crippen LogP contribution in [-0.2, 0) is 4.79 Å². The molecule has 0 saturated heterocycles. The molecule has 0 spiro atoms. The molecule has 0 unspecified atom stereocenters. The molecule has 6 nitrogen and oxygen atoms in total. The summed E-state index contributed by atoms with van der Waals surface area (Å²) in [7, 11) is 0. The Morgan fingerprint density at radius 2 is 2.30 bits per heavy atom. The molecular formula is C13H15N3O3S. The summed E-state index contributed by atoms with van der Waals surface area (Å²) in [6.45, 7) is 0. The molecule has 1 heterocycles. The van der Waals surface area contributed by atoms with Gasteiger partial charge >= 0.3 is 5.97 Å². The highest BCUT2D eigenvalue weighted by atomic mass is 32.2. The SMILES string of the molecule is CSCC[C@H](NC(=O)c1ccc2[nH]ncc2c1)C(=O)O. The van der Waals surface area contributed by atoms with Crippen molar-refractivity contribution < 1.29 is 14.7 Å². The Bertz CT molecular complexity index is 626. The van der Waals surface area contributed by atoms with E-state index in [1.165, 1.54) is 0 Å². The van der Waals surface area contributed by atoms with E-state index in [4.69, 9.17) is 5.11 Å². The number of nitrogens with zero attached hydrogens (tertiary/aromatic N) is 1. The summed E-state index contributed by atoms with van der Waals surface area (Å²) >= 11 is 1.55. The first kappa shape index (κ1) is 14.4. The number of hydrogen-bond donors (Lipinski definition) is 3. The van der Waals surface area contributed by atoms with Crippen molar-refractivity contribution in [2.45, 2.75) is 12.5 Å². The average molecular weight is 293 g/mol. The molecule has 0 aliphatic rings. The number of aromatic amines is 1. The smallest absolute Gasteiger partial charge is 0.326 e. The maximum atomic E-state index is 12.1. The Balaban J connectivity index is 2.10. The van der Waals surface area contributed by atoms with E-state index in [1.54, 1.807) is 36.2 Å². The van der Waals surface area contributed by atoms with Gasteiger partial charge in [-0.15, -0.1) is 0 Å². The van der Waals surface area contributed by atoms with E-state index in [2.05, 4.69) is 15.5 Å². The number of aromatic nitrogens is 2. The minimum Gasteiger partial charge on any atom is -0.480 e. The first-order valence-electron chi connectivity index (χ1n) is 6.07. The largest absolute Gasteiger partial charge is 0.480 e. The van der Waals surface area contributed by atoms with Crippen LogP contribution in [0.5, 0.6) is 0 Å². The Morgan fingerprint density at radius 1 is 1.50 bits per heavy atom. The van der Waals surface area contributed by atoms with Crippen molar-refractivity contribution in [1.82, 2.24) is 15.5 Å². The first-order chi connectivity index (χ1) is 9.61. The van der Waals surface area contributed by atoms with Gasteiger partial charge in [0.05, 0.1) is 11.7 Å². The summed E-state index contributed by atoms with van der Waals surface area (Å²) in [6.07, 6.45) is 3.91. The number of carboxylic acid groups (broad SMARTS) is 1. The van der Waals surface area contributed by atoms with Crippen LogP contribution >= 0.6 is 11.8 Å². The molecule has 7 heteroatoms. The lowest BCUT2D eigenvalue weighted by Gasteiger charge is -2.13. The molecule has 1 aromatic carbocycles. The van der Waals surface area contributed by atoms with Gasteiger partial charge in [-0.3, -0.25) is 9.89 Å². The summed E-state index contributed by atoms with van der Waals surface area (Å²) in [5.74, 6) is -0.726. The highest BCUT2D eigenvalue weighted by Crippen LogP contribution is 2.13. The van der Waals surface area contributed by atoms with Crippen molar-refractivity contribution in [1.29, 1.82) is 0 Å². The molecule has 0 saturated carbocycles. The number of benzene rings is 1. The number of carboxylic acids is 1. The number of carbonyl (C=O) groups excluding carboxylic acids is 1. The number of rotatable bonds is 6. The lowest BCUT2D eigenvalue weighted by Crippen LogP contribution is -2.41. The van der Waals surface area contributed by atoms with E-state index >= 15 is 0 Å². The summed E-state index contributed by atoms with van der Waals surface area (Å²) in [6, 6.07) is 4.20. The highest BCUT2D eigenvalue weighted by molar-refractivity contribution is 7.98. The summed E-state index contributed by atoms with van der Waals surface area (Å²) < 4.78 is 0. The topological polar surface area (TPSA) is 95.1 Å². The summed E-state index contributed by atoms with van der Waals surface area (Å²) in [5.41, 5.74) is 1.26. The summed E-state index contributed by atoms with van der Waals surface area (Å²) in [5, 5.41) is 19.1. The van der Waals surface area contributed by atoms with Crippen LogP contribution in [0.4, 0.5) is 0 Å². The van der Waals surface area contributed by atoms with Crippen LogP contribution in [0.1, 0.15) is 16.8 Å². The molecule has 0 radical (unpaired) electrons. The number of carbonyl (C=O) groups is 2. The fraction of sp³-hybridized carbons (Fsp3) is 0.308. The van der Waals surface area contributed by atoms with Crippen LogP contribution in [0, 0.1) is 0 Å². The van der Waals surface area contributed by atoms with E-state index in [0.29, 0.717) is 17.7 Å². The normalized spacial score (nSPS) is 12.2. The van der Waals surface area contributed by atoms with Gasteiger partial charge in [0.15, 0.2) is 0 Å². The van der Waals surface area contributed by atoms with Gasteiger partial charge in [0.2, 0.25) is 0 Å². The standard InChI is InChI=1S/C13H15N3O3S/c1-20-5-4-11(13(18)19)15-12(17)8-2-3-10-9(6-8)7-14-16-10/h2-3,6-7,11H,4-5H2,1H3,(H,14,16)(H,15,17)(H,18,19)/t11-/m0/s1. The number of nitrogens with one attached hydrogen (secondary N) is 2. The van der Waals surface area contributed by atoms with Crippen molar-refractivity contribution in [2.24, 2.45) is 0 Å². The van der Waals surface area contributed by atoms with Gasteiger partial charge in [-0.2, -0.15) is 16.9 Å². The first-order valence-corrected chi connectivity index (χ1v) is 7.47. The molecule has 20 heavy (non-hydrogen) atoms. The fourth-order valence-corrected chi connectivity index (χ4v) is 2.29. The van der Waals surface area contributed by atoms with Crippen LogP contribution in [0.2, 0.25) is 0 Å². The molecule has 1 aromatic heterocycles. The number of hydrogen-bond acceptors (Lipinski definition) is 4. The van der Waals surface area contributed by atoms with Crippen molar-refractivity contribution >= 4 is 34.5 Å². The maximum absolute atomic E-state index is 12.1. The molecular weight excluding hydrogens is 278 g/mol. The highest BCUT2D eigenvalue weighted by Gasteiger charge is 2.20. The molecule has 0 aliphatic carbocycles. The molecule has 2 rings (SSSR count). The molecule has 1 amide bonds. The molecule has 2 aromatic rings. The van der Waals surface area contributed by atoms with Gasteiger partial charge in [0.25, 0.3) is 5.91 Å². The second-order valence-electron chi connectivity index (χ2n) is 4.32. The van der Waals surface area contributed by atoms with Crippen LogP contribution in [0.25, 0.3) is 10.9 Å². The molecule has 106 valence electrons. The van der Waals surface area contributed by atoms with Crippen LogP contribution < -0.4 is 5.32 Å². The van der Waals surface area contributed by atoms with E-state index in [-0.39, 0.29) is 5.91 Å². The number of H-pyrrole nitrogens is 1. The second-order valence-corrected chi connectivity index (χ2v) is 5.30. The lowest BCUT2D eigenvalue weighted by molar-refractivity contribution is -0.139. The van der Waals surface area contributed by atoms with Gasteiger partial charge in [-0.25, -0.2) is 4.79 Å². The number of aliphatic carboxylic acids is 1. The average Bonchev–Trinajstić information content (AvgIpc) is 2.90. The van der Waals surface area contributed by atoms with Gasteiger partial charge in [0, 0.05) is 10.9 Å². The molecule has 0 bridgehead atoms. The van der Waals surface area contributed by atoms with Gasteiger partial charge in [0.1, 0.15) is 6.04 Å². The van der Waals surface area contributed by atoms with Crippen molar-refractivity contribution in [3.05, 3.63) is 30.0 Å². The van der Waals surface area contributed by atoms with E-state index < -0.39 is 12.0 Å². The monoisotopic (exact) mass is 293 g/mol. The third-order valence-corrected chi connectivity index (χ3v) is 3.56. The molecule has 1 atom stereocenters. The van der Waals surface area contributed by atoms with Crippen LogP contribution in [0.15, 0.2) is 24.4 Å². The number of fused-ring (bicyclic) bond motifs is 1. The zero-order valence-corrected chi connectivity index (χ0v) is 11.7. The van der Waals surface area contributed by atoms with E-state index in [1.807, 2.05) is 6.26 Å². The Hall–Kier alpha value is -2.02. The lowest BCUT2D eigenvalue weighted by atomic mass is 10.1. The zero-order chi connectivity index (χ0) is 14.5. The molecule has 0 fully saturated rings. The number of amides is 1. The molecule has 3 N–H and O–H groups in total. The molecule has 0 aliphatic heterocycles. The van der Waals surface area contributed by atoms with Gasteiger partial charge < -0.3 is 10.4 Å². The Kier molecular flexibility index (Phi) is 4.62. The van der Waals surface area contributed by atoms with Crippen molar-refractivity contribution in [3.8, 4) is 0 Å². The van der Waals surface area contributed by atoms with E-state index in [9.17, 15) is 9.59 Å². The fourth-order valence-electron chi connectivity index (χ4n) is 1.82. The quantitative estimate of drug-likeness (QED) is 0.750. The van der Waals surface area contributed by atoms with Crippen molar-refractivity contribution in [3.63, 3.8) is 0 Å². The van der Waals surface area contributed by atoms with Crippen molar-refractivity contribution in [2.75, 3.05) is 12.0 Å². The predicted octanol–water partition coefficient (Wildman–Crippen LogP) is 1.50. The van der Waals surface area contributed by atoms with Gasteiger partial charge in [-0.1, -0.05) is 0 Å². The number of thioether (sulfide) groups is 1. The Labute approximate surface area is 119 Å². The predicted molar refractivity (Wildman–Crippen MR) is 78.0 cm³/mol. The maximum Gasteiger partial charge on any atom is 0.326 e. The van der Waals surface area contributed by atoms with Crippen LogP contribution in [-0.4, -0.2) is 45.2 Å². The Morgan fingerprint density at radius 3 is 3.00 bits per heavy atom.